The Hall–Kier alpha value is -3.60. The minimum atomic E-state index is -0.659. The summed E-state index contributed by atoms with van der Waals surface area (Å²) in [5.41, 5.74) is 6.09. The van der Waals surface area contributed by atoms with Crippen molar-refractivity contribution in [1.29, 1.82) is 0 Å². The molecule has 35 heavy (non-hydrogen) atoms. The minimum Gasteiger partial charge on any atom is -0.445 e. The predicted octanol–water partition coefficient (Wildman–Crippen LogP) is 6.64. The number of anilines is 1. The Morgan fingerprint density at radius 1 is 0.857 bits per heavy atom. The summed E-state index contributed by atoms with van der Waals surface area (Å²) in [5.74, 6) is 0.317. The highest BCUT2D eigenvalue weighted by Gasteiger charge is 2.36. The molecule has 182 valence electrons. The van der Waals surface area contributed by atoms with Crippen molar-refractivity contribution in [1.82, 2.24) is 4.90 Å². The molecular weight excluding hydrogens is 436 g/mol. The fraction of sp³-hybridized carbons (Fsp3) is 0.333. The number of amides is 2. The van der Waals surface area contributed by atoms with Crippen molar-refractivity contribution >= 4 is 17.7 Å². The first-order chi connectivity index (χ1) is 16.8. The van der Waals surface area contributed by atoms with Gasteiger partial charge in [0.15, 0.2) is 0 Å². The van der Waals surface area contributed by atoms with Crippen LogP contribution in [-0.4, -0.2) is 22.9 Å². The summed E-state index contributed by atoms with van der Waals surface area (Å²) in [6.45, 7) is 9.00. The topological polar surface area (TPSA) is 58.6 Å². The van der Waals surface area contributed by atoms with Gasteiger partial charge in [-0.1, -0.05) is 100 Å². The summed E-state index contributed by atoms with van der Waals surface area (Å²) in [7, 11) is 0. The third-order valence-electron chi connectivity index (χ3n) is 6.61. The molecule has 4 rings (SSSR count). The van der Waals surface area contributed by atoms with Crippen molar-refractivity contribution in [3.8, 4) is 0 Å². The Morgan fingerprint density at radius 2 is 1.46 bits per heavy atom. The van der Waals surface area contributed by atoms with Gasteiger partial charge in [-0.15, -0.1) is 0 Å². The number of rotatable bonds is 6. The number of hydrogen-bond donors (Lipinski definition) is 1. The number of nitrogens with zero attached hydrogens (tertiary/aromatic N) is 1. The molecule has 0 spiro atoms. The zero-order chi connectivity index (χ0) is 24.9. The Labute approximate surface area is 208 Å². The summed E-state index contributed by atoms with van der Waals surface area (Å²) < 4.78 is 5.64. The SMILES string of the molecule is CC(C)c1cccc(C(C)C)c1NC(=O)[C@@H]1Cc2ccccc2CN1C(=O)OCc1ccccc1. The zero-order valence-electron chi connectivity index (χ0n) is 21.0. The number of para-hydroxylation sites is 1. The molecule has 1 heterocycles. The predicted molar refractivity (Wildman–Crippen MR) is 139 cm³/mol. The zero-order valence-corrected chi connectivity index (χ0v) is 21.0. The number of fused-ring (bicyclic) bond motifs is 1. The van der Waals surface area contributed by atoms with Crippen LogP contribution in [0, 0.1) is 0 Å². The molecular formula is C30H34N2O3. The normalized spacial score (nSPS) is 15.1. The van der Waals surface area contributed by atoms with Gasteiger partial charge in [-0.3, -0.25) is 9.69 Å². The number of benzene rings is 3. The van der Waals surface area contributed by atoms with E-state index in [1.807, 2.05) is 60.7 Å². The molecule has 0 bridgehead atoms. The van der Waals surface area contributed by atoms with Gasteiger partial charge in [0, 0.05) is 12.1 Å². The van der Waals surface area contributed by atoms with Gasteiger partial charge in [0.2, 0.25) is 5.91 Å². The standard InChI is InChI=1S/C30H34N2O3/c1-20(2)25-15-10-16-26(21(3)4)28(25)31-29(33)27-17-23-13-8-9-14-24(23)18-32(27)30(34)35-19-22-11-6-5-7-12-22/h5-16,20-21,27H,17-19H2,1-4H3,(H,31,33)/t27-/m0/s1. The van der Waals surface area contributed by atoms with Crippen LogP contribution in [0.3, 0.4) is 0 Å². The lowest BCUT2D eigenvalue weighted by Gasteiger charge is -2.35. The maximum absolute atomic E-state index is 13.8. The van der Waals surface area contributed by atoms with E-state index in [2.05, 4.69) is 45.1 Å². The van der Waals surface area contributed by atoms with Gasteiger partial charge in [0.05, 0.1) is 6.54 Å². The Bertz CT molecular complexity index is 1160. The van der Waals surface area contributed by atoms with Crippen LogP contribution >= 0.6 is 0 Å². The highest BCUT2D eigenvalue weighted by atomic mass is 16.6. The smallest absolute Gasteiger partial charge is 0.411 e. The van der Waals surface area contributed by atoms with E-state index in [-0.39, 0.29) is 24.3 Å². The third kappa shape index (κ3) is 5.56. The van der Waals surface area contributed by atoms with Crippen molar-refractivity contribution in [2.75, 3.05) is 5.32 Å². The van der Waals surface area contributed by atoms with E-state index >= 15 is 0 Å². The first kappa shape index (κ1) is 24.5. The van der Waals surface area contributed by atoms with E-state index in [0.717, 1.165) is 33.5 Å². The fourth-order valence-electron chi connectivity index (χ4n) is 4.65. The average molecular weight is 471 g/mol. The van der Waals surface area contributed by atoms with E-state index in [0.29, 0.717) is 13.0 Å². The molecule has 3 aromatic rings. The van der Waals surface area contributed by atoms with Crippen LogP contribution in [0.2, 0.25) is 0 Å². The molecule has 1 atom stereocenters. The molecule has 0 radical (unpaired) electrons. The lowest BCUT2D eigenvalue weighted by atomic mass is 9.91. The number of hydrogen-bond acceptors (Lipinski definition) is 3. The molecule has 0 unspecified atom stereocenters. The molecule has 0 saturated carbocycles. The van der Waals surface area contributed by atoms with E-state index in [1.54, 1.807) is 4.90 Å². The van der Waals surface area contributed by atoms with Gasteiger partial charge in [0.25, 0.3) is 0 Å². The maximum Gasteiger partial charge on any atom is 0.411 e. The first-order valence-electron chi connectivity index (χ1n) is 12.3. The van der Waals surface area contributed by atoms with Crippen molar-refractivity contribution in [2.24, 2.45) is 0 Å². The van der Waals surface area contributed by atoms with Crippen molar-refractivity contribution in [2.45, 2.75) is 65.1 Å². The van der Waals surface area contributed by atoms with Crippen LogP contribution in [-0.2, 0) is 29.1 Å². The van der Waals surface area contributed by atoms with Crippen LogP contribution in [0.1, 0.15) is 67.3 Å². The van der Waals surface area contributed by atoms with Crippen molar-refractivity contribution in [3.63, 3.8) is 0 Å². The molecule has 5 nitrogen and oxygen atoms in total. The second-order valence-corrected chi connectivity index (χ2v) is 9.77. The average Bonchev–Trinajstić information content (AvgIpc) is 2.86. The number of nitrogens with one attached hydrogen (secondary N) is 1. The van der Waals surface area contributed by atoms with Crippen LogP contribution < -0.4 is 5.32 Å². The largest absolute Gasteiger partial charge is 0.445 e. The van der Waals surface area contributed by atoms with Crippen LogP contribution in [0.5, 0.6) is 0 Å². The van der Waals surface area contributed by atoms with Gasteiger partial charge in [0.1, 0.15) is 12.6 Å². The number of carbonyl (C=O) groups excluding carboxylic acids is 2. The van der Waals surface area contributed by atoms with Crippen LogP contribution in [0.4, 0.5) is 10.5 Å². The Morgan fingerprint density at radius 3 is 2.09 bits per heavy atom. The van der Waals surface area contributed by atoms with E-state index in [9.17, 15) is 9.59 Å². The summed E-state index contributed by atoms with van der Waals surface area (Å²) in [4.78, 5) is 28.5. The van der Waals surface area contributed by atoms with Gasteiger partial charge in [-0.25, -0.2) is 4.79 Å². The maximum atomic E-state index is 13.8. The second-order valence-electron chi connectivity index (χ2n) is 9.77. The van der Waals surface area contributed by atoms with Gasteiger partial charge in [-0.05, 0) is 39.7 Å². The molecule has 0 aromatic heterocycles. The third-order valence-corrected chi connectivity index (χ3v) is 6.61. The van der Waals surface area contributed by atoms with E-state index < -0.39 is 12.1 Å². The Balaban J connectivity index is 1.61. The van der Waals surface area contributed by atoms with Gasteiger partial charge in [-0.2, -0.15) is 0 Å². The molecule has 0 saturated heterocycles. The lowest BCUT2D eigenvalue weighted by Crippen LogP contribution is -2.51. The quantitative estimate of drug-likeness (QED) is 0.440. The molecule has 0 aliphatic carbocycles. The molecule has 1 N–H and O–H groups in total. The summed E-state index contributed by atoms with van der Waals surface area (Å²) >= 11 is 0. The molecule has 3 aromatic carbocycles. The monoisotopic (exact) mass is 470 g/mol. The van der Waals surface area contributed by atoms with Crippen LogP contribution in [0.15, 0.2) is 72.8 Å². The minimum absolute atomic E-state index is 0.167. The summed E-state index contributed by atoms with van der Waals surface area (Å²) in [5, 5.41) is 3.21. The molecule has 1 aliphatic rings. The Kier molecular flexibility index (Phi) is 7.54. The van der Waals surface area contributed by atoms with Gasteiger partial charge >= 0.3 is 6.09 Å². The van der Waals surface area contributed by atoms with Crippen molar-refractivity contribution < 1.29 is 14.3 Å². The van der Waals surface area contributed by atoms with E-state index in [4.69, 9.17) is 4.74 Å². The van der Waals surface area contributed by atoms with Crippen LogP contribution in [0.25, 0.3) is 0 Å². The highest BCUT2D eigenvalue weighted by molar-refractivity contribution is 5.98. The summed E-state index contributed by atoms with van der Waals surface area (Å²) in [6.07, 6.45) is -0.0340. The van der Waals surface area contributed by atoms with E-state index in [1.165, 1.54) is 0 Å². The number of carbonyl (C=O) groups is 2. The highest BCUT2D eigenvalue weighted by Crippen LogP contribution is 2.33. The molecule has 5 heteroatoms. The number of ether oxygens (including phenoxy) is 1. The lowest BCUT2D eigenvalue weighted by molar-refractivity contribution is -0.121. The molecule has 0 fully saturated rings. The first-order valence-corrected chi connectivity index (χ1v) is 12.3. The fourth-order valence-corrected chi connectivity index (χ4v) is 4.65. The molecule has 2 amide bonds. The van der Waals surface area contributed by atoms with Gasteiger partial charge < -0.3 is 10.1 Å². The second kappa shape index (κ2) is 10.8. The molecule has 1 aliphatic heterocycles. The summed E-state index contributed by atoms with van der Waals surface area (Å²) in [6, 6.07) is 23.1. The van der Waals surface area contributed by atoms with Crippen molar-refractivity contribution in [3.05, 3.63) is 101 Å².